The molecule has 0 spiro atoms. The number of aryl methyl sites for hydroxylation is 1. The number of aliphatic hydroxyl groups is 1. The Morgan fingerprint density at radius 2 is 1.93 bits per heavy atom. The minimum Gasteiger partial charge on any atom is -0.507 e. The zero-order valence-corrected chi connectivity index (χ0v) is 17.2. The molecule has 0 aromatic heterocycles. The molecule has 2 aliphatic carbocycles. The van der Waals surface area contributed by atoms with E-state index in [9.17, 15) is 19.8 Å². The molecule has 27 heavy (non-hydrogen) atoms. The number of rotatable bonds is 2. The molecule has 0 aliphatic heterocycles. The average molecular weight is 373 g/mol. The van der Waals surface area contributed by atoms with E-state index in [1.165, 1.54) is 6.92 Å². The number of ketones is 1. The van der Waals surface area contributed by atoms with Gasteiger partial charge in [-0.2, -0.15) is 0 Å². The van der Waals surface area contributed by atoms with Gasteiger partial charge in [0, 0.05) is 12.0 Å². The van der Waals surface area contributed by atoms with Crippen molar-refractivity contribution in [1.82, 2.24) is 0 Å². The van der Waals surface area contributed by atoms with Gasteiger partial charge in [-0.05, 0) is 61.0 Å². The highest BCUT2D eigenvalue weighted by Gasteiger charge is 2.49. The number of aromatic hydroxyl groups is 1. The van der Waals surface area contributed by atoms with Crippen LogP contribution in [-0.4, -0.2) is 21.6 Å². The van der Waals surface area contributed by atoms with Crippen LogP contribution in [0.25, 0.3) is 0 Å². The van der Waals surface area contributed by atoms with Crippen LogP contribution >= 0.6 is 0 Å². The standard InChI is InChI=1S/C23H32O4/c1-13(2)16-11-15-7-8-18-22(4,5)9-6-10-23(18,27)12-17(15)21(26)19(14(3)24)20(16)25/h11,13,18,25,27H,6-10,12H2,1-5H3/t18?,23-/m0/s1. The summed E-state index contributed by atoms with van der Waals surface area (Å²) >= 11 is 0. The van der Waals surface area contributed by atoms with Crippen LogP contribution in [0.15, 0.2) is 10.9 Å². The second kappa shape index (κ2) is 6.73. The third-order valence-electron chi connectivity index (χ3n) is 6.91. The number of carbonyl (C=O) groups excluding carboxylic acids is 1. The fourth-order valence-electron chi connectivity index (χ4n) is 5.48. The summed E-state index contributed by atoms with van der Waals surface area (Å²) in [6.45, 7) is 9.64. The van der Waals surface area contributed by atoms with Crippen molar-refractivity contribution in [3.63, 3.8) is 0 Å². The SMILES string of the molecule is CC(=O)c1c(O)c(C(C)C)cc2c(c1=O)C[C@@]1(O)CCCC(C)(C)C1CC2. The Morgan fingerprint density at radius 1 is 1.26 bits per heavy atom. The van der Waals surface area contributed by atoms with Gasteiger partial charge in [0.15, 0.2) is 11.2 Å². The van der Waals surface area contributed by atoms with Crippen molar-refractivity contribution in [3.05, 3.63) is 38.5 Å². The first kappa shape index (κ1) is 20.1. The maximum absolute atomic E-state index is 13.3. The van der Waals surface area contributed by atoms with Gasteiger partial charge in [0.1, 0.15) is 11.3 Å². The van der Waals surface area contributed by atoms with Gasteiger partial charge in [-0.1, -0.05) is 40.2 Å². The lowest BCUT2D eigenvalue weighted by molar-refractivity contribution is -0.102. The van der Waals surface area contributed by atoms with Gasteiger partial charge in [-0.25, -0.2) is 0 Å². The van der Waals surface area contributed by atoms with Gasteiger partial charge < -0.3 is 10.2 Å². The molecule has 1 unspecified atom stereocenters. The fourth-order valence-corrected chi connectivity index (χ4v) is 5.48. The maximum atomic E-state index is 13.3. The van der Waals surface area contributed by atoms with Gasteiger partial charge in [0.2, 0.25) is 0 Å². The highest BCUT2D eigenvalue weighted by molar-refractivity contribution is 5.97. The van der Waals surface area contributed by atoms with Crippen LogP contribution in [0.4, 0.5) is 0 Å². The van der Waals surface area contributed by atoms with Crippen LogP contribution in [0, 0.1) is 11.3 Å². The van der Waals surface area contributed by atoms with E-state index in [1.54, 1.807) is 0 Å². The molecule has 1 aromatic rings. The molecule has 0 heterocycles. The third kappa shape index (κ3) is 3.33. The maximum Gasteiger partial charge on any atom is 0.196 e. The molecule has 4 heteroatoms. The summed E-state index contributed by atoms with van der Waals surface area (Å²) in [7, 11) is 0. The van der Waals surface area contributed by atoms with Crippen molar-refractivity contribution >= 4 is 5.78 Å². The van der Waals surface area contributed by atoms with E-state index < -0.39 is 16.8 Å². The molecule has 148 valence electrons. The van der Waals surface area contributed by atoms with E-state index in [0.717, 1.165) is 24.8 Å². The normalized spacial score (nSPS) is 26.9. The molecule has 2 N–H and O–H groups in total. The average Bonchev–Trinajstić information content (AvgIpc) is 2.74. The van der Waals surface area contributed by atoms with Gasteiger partial charge >= 0.3 is 0 Å². The Bertz CT molecular complexity index is 837. The van der Waals surface area contributed by atoms with Crippen molar-refractivity contribution in [3.8, 4) is 5.75 Å². The first-order valence-corrected chi connectivity index (χ1v) is 10.1. The molecule has 3 rings (SSSR count). The van der Waals surface area contributed by atoms with Crippen LogP contribution in [-0.2, 0) is 12.8 Å². The molecule has 1 fully saturated rings. The molecule has 2 atom stereocenters. The number of carbonyl (C=O) groups is 1. The van der Waals surface area contributed by atoms with Crippen molar-refractivity contribution in [2.45, 2.75) is 84.7 Å². The molecule has 1 saturated carbocycles. The summed E-state index contributed by atoms with van der Waals surface area (Å²) < 4.78 is 0. The van der Waals surface area contributed by atoms with E-state index in [2.05, 4.69) is 13.8 Å². The van der Waals surface area contributed by atoms with Crippen molar-refractivity contribution in [1.29, 1.82) is 0 Å². The summed E-state index contributed by atoms with van der Waals surface area (Å²) in [6, 6.07) is 1.90. The Morgan fingerprint density at radius 3 is 2.52 bits per heavy atom. The van der Waals surface area contributed by atoms with Crippen LogP contribution < -0.4 is 5.43 Å². The molecule has 0 bridgehead atoms. The topological polar surface area (TPSA) is 74.6 Å². The minimum absolute atomic E-state index is 0.0101. The quantitative estimate of drug-likeness (QED) is 0.766. The number of fused-ring (bicyclic) bond motifs is 2. The van der Waals surface area contributed by atoms with Crippen LogP contribution in [0.3, 0.4) is 0 Å². The molecular weight excluding hydrogens is 340 g/mol. The van der Waals surface area contributed by atoms with E-state index >= 15 is 0 Å². The van der Waals surface area contributed by atoms with E-state index in [4.69, 9.17) is 0 Å². The molecule has 0 radical (unpaired) electrons. The highest BCUT2D eigenvalue weighted by Crippen LogP contribution is 2.51. The highest BCUT2D eigenvalue weighted by atomic mass is 16.3. The second-order valence-electron chi connectivity index (χ2n) is 9.58. The van der Waals surface area contributed by atoms with Crippen molar-refractivity contribution in [2.75, 3.05) is 0 Å². The zero-order chi connectivity index (χ0) is 20.1. The molecule has 2 aliphatic rings. The molecule has 0 saturated heterocycles. The van der Waals surface area contributed by atoms with Gasteiger partial charge in [-0.15, -0.1) is 0 Å². The number of hydrogen-bond donors (Lipinski definition) is 2. The first-order chi connectivity index (χ1) is 12.5. The Balaban J connectivity index is 2.28. The fraction of sp³-hybridized carbons (Fsp3) is 0.652. The lowest BCUT2D eigenvalue weighted by atomic mass is 9.59. The molecule has 1 aromatic carbocycles. The van der Waals surface area contributed by atoms with Crippen LogP contribution in [0.2, 0.25) is 0 Å². The summed E-state index contributed by atoms with van der Waals surface area (Å²) in [5.41, 5.74) is 0.593. The van der Waals surface area contributed by atoms with Gasteiger partial charge in [0.25, 0.3) is 0 Å². The van der Waals surface area contributed by atoms with Crippen LogP contribution in [0.5, 0.6) is 5.75 Å². The number of Topliss-reactive ketones (excluding diaryl/α,β-unsaturated/α-hetero) is 1. The van der Waals surface area contributed by atoms with E-state index in [1.807, 2.05) is 19.9 Å². The summed E-state index contributed by atoms with van der Waals surface area (Å²) in [5, 5.41) is 22.2. The van der Waals surface area contributed by atoms with E-state index in [0.29, 0.717) is 24.0 Å². The molecular formula is C23H32O4. The Kier molecular flexibility index (Phi) is 5.00. The van der Waals surface area contributed by atoms with E-state index in [-0.39, 0.29) is 35.0 Å². The van der Waals surface area contributed by atoms with Gasteiger partial charge in [0.05, 0.1) is 5.60 Å². The second-order valence-corrected chi connectivity index (χ2v) is 9.58. The summed E-state index contributed by atoms with van der Waals surface area (Å²) in [5.74, 6) is -0.505. The van der Waals surface area contributed by atoms with Crippen molar-refractivity contribution in [2.24, 2.45) is 11.3 Å². The largest absolute Gasteiger partial charge is 0.507 e. The van der Waals surface area contributed by atoms with Crippen molar-refractivity contribution < 1.29 is 15.0 Å². The lowest BCUT2D eigenvalue weighted by Crippen LogP contribution is -2.50. The summed E-state index contributed by atoms with van der Waals surface area (Å²) in [4.78, 5) is 25.5. The predicted molar refractivity (Wildman–Crippen MR) is 107 cm³/mol. The predicted octanol–water partition coefficient (Wildman–Crippen LogP) is 4.12. The number of hydrogen-bond acceptors (Lipinski definition) is 4. The smallest absolute Gasteiger partial charge is 0.196 e. The summed E-state index contributed by atoms with van der Waals surface area (Å²) in [6.07, 6.45) is 4.45. The zero-order valence-electron chi connectivity index (χ0n) is 17.2. The van der Waals surface area contributed by atoms with Crippen LogP contribution in [0.1, 0.15) is 93.3 Å². The Labute approximate surface area is 161 Å². The molecule has 4 nitrogen and oxygen atoms in total. The Hall–Kier alpha value is -1.68. The molecule has 0 amide bonds. The minimum atomic E-state index is -0.928. The van der Waals surface area contributed by atoms with Gasteiger partial charge in [-0.3, -0.25) is 9.59 Å². The monoisotopic (exact) mass is 372 g/mol. The first-order valence-electron chi connectivity index (χ1n) is 10.1. The lowest BCUT2D eigenvalue weighted by Gasteiger charge is -2.49. The third-order valence-corrected chi connectivity index (χ3v) is 6.91.